The smallest absolute Gasteiger partial charge is 0.271 e. The Labute approximate surface area is 123 Å². The van der Waals surface area contributed by atoms with Crippen LogP contribution in [0.5, 0.6) is 0 Å². The number of aliphatic hydroxyl groups excluding tert-OH is 1. The number of aromatic amines is 1. The molecule has 0 saturated carbocycles. The minimum atomic E-state index is -0.314. The Hall–Kier alpha value is -1.11. The number of H-pyrrole nitrogens is 1. The number of nitrogens with zero attached hydrogens (tertiary/aromatic N) is 2. The predicted octanol–water partition coefficient (Wildman–Crippen LogP) is 0.848. The number of likely N-dealkylation sites (tertiary alicyclic amines) is 1. The van der Waals surface area contributed by atoms with E-state index in [4.69, 9.17) is 16.7 Å². The van der Waals surface area contributed by atoms with Gasteiger partial charge in [0.05, 0.1) is 0 Å². The lowest BCUT2D eigenvalue weighted by atomic mass is 9.98. The number of halogens is 1. The van der Waals surface area contributed by atoms with Crippen molar-refractivity contribution in [1.82, 2.24) is 14.9 Å². The molecule has 1 aromatic heterocycles. The van der Waals surface area contributed by atoms with Gasteiger partial charge in [0, 0.05) is 19.7 Å². The van der Waals surface area contributed by atoms with Gasteiger partial charge in [-0.1, -0.05) is 11.6 Å². The Kier molecular flexibility index (Phi) is 5.39. The first kappa shape index (κ1) is 15.3. The van der Waals surface area contributed by atoms with Crippen LogP contribution in [0, 0.1) is 12.8 Å². The fourth-order valence-electron chi connectivity index (χ4n) is 2.41. The molecule has 1 aliphatic heterocycles. The lowest BCUT2D eigenvalue weighted by Gasteiger charge is -2.31. The van der Waals surface area contributed by atoms with Crippen LogP contribution in [0.15, 0.2) is 4.79 Å². The molecule has 0 amide bonds. The molecule has 0 aliphatic carbocycles. The van der Waals surface area contributed by atoms with Crippen LogP contribution in [0.1, 0.15) is 18.7 Å². The molecule has 1 fully saturated rings. The molecule has 20 heavy (non-hydrogen) atoms. The molecule has 112 valence electrons. The Morgan fingerprint density at radius 3 is 2.85 bits per heavy atom. The van der Waals surface area contributed by atoms with Crippen molar-refractivity contribution in [2.24, 2.45) is 5.92 Å². The molecule has 3 N–H and O–H groups in total. The SMILES string of the molecule is Cc1nc(NCCN2CCC(CO)CC2)c(Cl)c(=O)[nH]1. The largest absolute Gasteiger partial charge is 0.396 e. The van der Waals surface area contributed by atoms with Crippen molar-refractivity contribution in [2.75, 3.05) is 38.1 Å². The van der Waals surface area contributed by atoms with Crippen LogP contribution >= 0.6 is 11.6 Å². The summed E-state index contributed by atoms with van der Waals surface area (Å²) in [6.07, 6.45) is 2.08. The average Bonchev–Trinajstić information content (AvgIpc) is 2.44. The standard InChI is InChI=1S/C13H21ClN4O2/c1-9-16-12(11(14)13(20)17-9)15-4-7-18-5-2-10(8-19)3-6-18/h10,19H,2-8H2,1H3,(H2,15,16,17,20). The number of aliphatic hydroxyl groups is 1. The molecular formula is C13H21ClN4O2. The zero-order valence-electron chi connectivity index (χ0n) is 11.7. The van der Waals surface area contributed by atoms with Crippen molar-refractivity contribution in [3.8, 4) is 0 Å². The summed E-state index contributed by atoms with van der Waals surface area (Å²) in [5.74, 6) is 1.44. The van der Waals surface area contributed by atoms with Crippen LogP contribution in [0.3, 0.4) is 0 Å². The Balaban J connectivity index is 1.81. The summed E-state index contributed by atoms with van der Waals surface area (Å²) in [4.78, 5) is 20.6. The van der Waals surface area contributed by atoms with E-state index in [9.17, 15) is 4.79 Å². The number of hydrogen-bond donors (Lipinski definition) is 3. The molecular weight excluding hydrogens is 280 g/mol. The van der Waals surface area contributed by atoms with Gasteiger partial charge < -0.3 is 20.3 Å². The zero-order valence-corrected chi connectivity index (χ0v) is 12.4. The summed E-state index contributed by atoms with van der Waals surface area (Å²) in [5.41, 5.74) is -0.314. The van der Waals surface area contributed by atoms with E-state index in [2.05, 4.69) is 20.2 Å². The van der Waals surface area contributed by atoms with Crippen LogP contribution < -0.4 is 10.9 Å². The van der Waals surface area contributed by atoms with Gasteiger partial charge in [0.2, 0.25) is 0 Å². The molecule has 0 atom stereocenters. The lowest BCUT2D eigenvalue weighted by Crippen LogP contribution is -2.37. The fourth-order valence-corrected chi connectivity index (χ4v) is 2.57. The van der Waals surface area contributed by atoms with Gasteiger partial charge in [-0.3, -0.25) is 4.79 Å². The molecule has 0 aromatic carbocycles. The van der Waals surface area contributed by atoms with Crippen LogP contribution in [0.2, 0.25) is 5.02 Å². The summed E-state index contributed by atoms with van der Waals surface area (Å²) in [6.45, 7) is 5.59. The molecule has 2 rings (SSSR count). The minimum Gasteiger partial charge on any atom is -0.396 e. The average molecular weight is 301 g/mol. The molecule has 1 aliphatic rings. The number of aryl methyl sites for hydroxylation is 1. The van der Waals surface area contributed by atoms with E-state index in [1.165, 1.54) is 0 Å². The van der Waals surface area contributed by atoms with E-state index in [0.717, 1.165) is 32.5 Å². The van der Waals surface area contributed by atoms with Gasteiger partial charge in [0.1, 0.15) is 10.8 Å². The maximum Gasteiger partial charge on any atom is 0.271 e. The van der Waals surface area contributed by atoms with E-state index < -0.39 is 0 Å². The topological polar surface area (TPSA) is 81.2 Å². The van der Waals surface area contributed by atoms with Crippen LogP contribution in [0.4, 0.5) is 5.82 Å². The quantitative estimate of drug-likeness (QED) is 0.751. The molecule has 6 nitrogen and oxygen atoms in total. The summed E-state index contributed by atoms with van der Waals surface area (Å²) in [5, 5.41) is 12.3. The van der Waals surface area contributed by atoms with Crippen molar-refractivity contribution in [3.05, 3.63) is 21.2 Å². The third kappa shape index (κ3) is 3.94. The summed E-state index contributed by atoms with van der Waals surface area (Å²) < 4.78 is 0. The Morgan fingerprint density at radius 1 is 1.50 bits per heavy atom. The highest BCUT2D eigenvalue weighted by Crippen LogP contribution is 2.16. The van der Waals surface area contributed by atoms with Gasteiger partial charge in [-0.15, -0.1) is 0 Å². The Bertz CT molecular complexity index is 498. The monoisotopic (exact) mass is 300 g/mol. The molecule has 1 aromatic rings. The highest BCUT2D eigenvalue weighted by atomic mass is 35.5. The second kappa shape index (κ2) is 7.06. The summed E-state index contributed by atoms with van der Waals surface area (Å²) >= 11 is 5.91. The predicted molar refractivity (Wildman–Crippen MR) is 79.3 cm³/mol. The molecule has 0 spiro atoms. The fraction of sp³-hybridized carbons (Fsp3) is 0.692. The van der Waals surface area contributed by atoms with Gasteiger partial charge in [-0.2, -0.15) is 0 Å². The number of nitrogens with one attached hydrogen (secondary N) is 2. The number of aromatic nitrogens is 2. The first-order valence-electron chi connectivity index (χ1n) is 6.93. The van der Waals surface area contributed by atoms with Crippen molar-refractivity contribution >= 4 is 17.4 Å². The Morgan fingerprint density at radius 2 is 2.20 bits per heavy atom. The van der Waals surface area contributed by atoms with E-state index in [1.807, 2.05) is 0 Å². The van der Waals surface area contributed by atoms with Crippen LogP contribution in [-0.2, 0) is 0 Å². The van der Waals surface area contributed by atoms with Gasteiger partial charge >= 0.3 is 0 Å². The molecule has 1 saturated heterocycles. The van der Waals surface area contributed by atoms with Crippen LogP contribution in [-0.4, -0.2) is 52.8 Å². The highest BCUT2D eigenvalue weighted by molar-refractivity contribution is 6.32. The maximum absolute atomic E-state index is 11.5. The van der Waals surface area contributed by atoms with Gasteiger partial charge in [0.25, 0.3) is 5.56 Å². The lowest BCUT2D eigenvalue weighted by molar-refractivity contribution is 0.134. The molecule has 7 heteroatoms. The minimum absolute atomic E-state index is 0.106. The number of hydrogen-bond acceptors (Lipinski definition) is 5. The van der Waals surface area contributed by atoms with Crippen molar-refractivity contribution in [3.63, 3.8) is 0 Å². The summed E-state index contributed by atoms with van der Waals surface area (Å²) in [6, 6.07) is 0. The van der Waals surface area contributed by atoms with E-state index in [1.54, 1.807) is 6.92 Å². The molecule has 0 bridgehead atoms. The van der Waals surface area contributed by atoms with Gasteiger partial charge in [-0.05, 0) is 38.8 Å². The van der Waals surface area contributed by atoms with Gasteiger partial charge in [-0.25, -0.2) is 4.98 Å². The van der Waals surface area contributed by atoms with Crippen LogP contribution in [0.25, 0.3) is 0 Å². The van der Waals surface area contributed by atoms with Crippen molar-refractivity contribution in [2.45, 2.75) is 19.8 Å². The third-order valence-corrected chi connectivity index (χ3v) is 4.02. The van der Waals surface area contributed by atoms with E-state index >= 15 is 0 Å². The first-order valence-corrected chi connectivity index (χ1v) is 7.31. The summed E-state index contributed by atoms with van der Waals surface area (Å²) in [7, 11) is 0. The maximum atomic E-state index is 11.5. The van der Waals surface area contributed by atoms with Crippen molar-refractivity contribution in [1.29, 1.82) is 0 Å². The number of rotatable bonds is 5. The number of anilines is 1. The molecule has 2 heterocycles. The highest BCUT2D eigenvalue weighted by Gasteiger charge is 2.18. The van der Waals surface area contributed by atoms with E-state index in [-0.39, 0.29) is 17.2 Å². The molecule has 0 radical (unpaired) electrons. The third-order valence-electron chi connectivity index (χ3n) is 3.67. The normalized spacial score (nSPS) is 17.4. The zero-order chi connectivity index (χ0) is 14.5. The second-order valence-corrected chi connectivity index (χ2v) is 5.59. The second-order valence-electron chi connectivity index (χ2n) is 5.21. The van der Waals surface area contributed by atoms with Crippen molar-refractivity contribution < 1.29 is 5.11 Å². The van der Waals surface area contributed by atoms with E-state index in [0.29, 0.717) is 24.1 Å². The number of piperidine rings is 1. The first-order chi connectivity index (χ1) is 9.60. The van der Waals surface area contributed by atoms with Gasteiger partial charge in [0.15, 0.2) is 5.82 Å². The molecule has 0 unspecified atom stereocenters.